The first-order valence-electron chi connectivity index (χ1n) is 10.2. The third-order valence-electron chi connectivity index (χ3n) is 5.75. The van der Waals surface area contributed by atoms with Gasteiger partial charge < -0.3 is 15.2 Å². The molecule has 0 spiro atoms. The molecule has 4 N–H and O–H groups in total. The molecule has 32 heavy (non-hydrogen) atoms. The molecule has 2 heterocycles. The summed E-state index contributed by atoms with van der Waals surface area (Å²) in [6.45, 7) is 2.03. The number of fused-ring (bicyclic) bond motifs is 2. The summed E-state index contributed by atoms with van der Waals surface area (Å²) >= 11 is 0. The van der Waals surface area contributed by atoms with Crippen molar-refractivity contribution in [2.75, 3.05) is 10.2 Å². The standard InChI is InChI=1S/C24H20N4O4/c1-2-14-6-5-7-16(12-14)28-21(29)17-8-3-4-9-18(17)24(28,32)15-10-11-19-20(13-15)26-22(25-19)27-23(30)31/h3-13,32H,2H2,1H3,(H,30,31)(H2,25,26,27). The summed E-state index contributed by atoms with van der Waals surface area (Å²) < 4.78 is 0. The summed E-state index contributed by atoms with van der Waals surface area (Å²) in [6, 6.07) is 19.6. The third kappa shape index (κ3) is 2.92. The van der Waals surface area contributed by atoms with Crippen LogP contribution in [-0.2, 0) is 12.1 Å². The van der Waals surface area contributed by atoms with E-state index in [0.29, 0.717) is 33.4 Å². The maximum absolute atomic E-state index is 13.4. The Hall–Kier alpha value is -4.17. The highest BCUT2D eigenvalue weighted by Crippen LogP contribution is 2.45. The van der Waals surface area contributed by atoms with E-state index in [0.717, 1.165) is 12.0 Å². The van der Waals surface area contributed by atoms with Gasteiger partial charge in [-0.25, -0.2) is 9.78 Å². The van der Waals surface area contributed by atoms with E-state index in [4.69, 9.17) is 5.11 Å². The number of imidazole rings is 1. The van der Waals surface area contributed by atoms with Gasteiger partial charge in [-0.1, -0.05) is 43.3 Å². The zero-order chi connectivity index (χ0) is 22.5. The molecule has 4 aromatic rings. The fourth-order valence-electron chi connectivity index (χ4n) is 4.25. The van der Waals surface area contributed by atoms with Crippen LogP contribution in [0.25, 0.3) is 11.0 Å². The highest BCUT2D eigenvalue weighted by Gasteiger charge is 2.50. The normalized spacial score (nSPS) is 17.6. The van der Waals surface area contributed by atoms with Crippen LogP contribution in [0.4, 0.5) is 16.4 Å². The van der Waals surface area contributed by atoms with Gasteiger partial charge in [-0.2, -0.15) is 0 Å². The molecular formula is C24H20N4O4. The average molecular weight is 428 g/mol. The summed E-state index contributed by atoms with van der Waals surface area (Å²) in [7, 11) is 0. The van der Waals surface area contributed by atoms with Gasteiger partial charge in [0.15, 0.2) is 5.72 Å². The molecular weight excluding hydrogens is 408 g/mol. The number of hydrogen-bond acceptors (Lipinski definition) is 4. The first-order chi connectivity index (χ1) is 15.4. The van der Waals surface area contributed by atoms with Gasteiger partial charge in [-0.3, -0.25) is 15.0 Å². The summed E-state index contributed by atoms with van der Waals surface area (Å²) in [5.41, 5.74) is 2.27. The zero-order valence-corrected chi connectivity index (χ0v) is 17.2. The number of benzene rings is 3. The Balaban J connectivity index is 1.71. The predicted molar refractivity (Wildman–Crippen MR) is 120 cm³/mol. The molecule has 5 rings (SSSR count). The Morgan fingerprint density at radius 2 is 1.94 bits per heavy atom. The fraction of sp³-hybridized carbons (Fsp3) is 0.125. The number of carbonyl (C=O) groups excluding carboxylic acids is 1. The first kappa shape index (κ1) is 19.8. The van der Waals surface area contributed by atoms with Crippen LogP contribution in [0.5, 0.6) is 0 Å². The monoisotopic (exact) mass is 428 g/mol. The first-order valence-corrected chi connectivity index (χ1v) is 10.2. The number of amides is 2. The molecule has 0 saturated carbocycles. The van der Waals surface area contributed by atoms with Crippen molar-refractivity contribution in [1.82, 2.24) is 9.97 Å². The van der Waals surface area contributed by atoms with Crippen molar-refractivity contribution in [3.05, 3.63) is 89.0 Å². The molecule has 8 nitrogen and oxygen atoms in total. The van der Waals surface area contributed by atoms with Crippen LogP contribution in [0.2, 0.25) is 0 Å². The minimum absolute atomic E-state index is 0.0760. The van der Waals surface area contributed by atoms with E-state index < -0.39 is 11.8 Å². The minimum Gasteiger partial charge on any atom is -0.465 e. The molecule has 160 valence electrons. The minimum atomic E-state index is -1.76. The molecule has 0 fully saturated rings. The van der Waals surface area contributed by atoms with Gasteiger partial charge in [0.05, 0.1) is 11.0 Å². The lowest BCUT2D eigenvalue weighted by molar-refractivity contribution is 0.0704. The lowest BCUT2D eigenvalue weighted by Gasteiger charge is -2.35. The number of hydrogen-bond donors (Lipinski definition) is 4. The molecule has 2 amide bonds. The molecule has 1 unspecified atom stereocenters. The smallest absolute Gasteiger partial charge is 0.411 e. The summed E-state index contributed by atoms with van der Waals surface area (Å²) in [6.07, 6.45) is -0.444. The van der Waals surface area contributed by atoms with Crippen LogP contribution in [0.15, 0.2) is 66.7 Å². The van der Waals surface area contributed by atoms with Gasteiger partial charge in [-0.05, 0) is 42.3 Å². The topological polar surface area (TPSA) is 119 Å². The quantitative estimate of drug-likeness (QED) is 0.391. The number of nitrogens with zero attached hydrogens (tertiary/aromatic N) is 2. The fourth-order valence-corrected chi connectivity index (χ4v) is 4.25. The summed E-state index contributed by atoms with van der Waals surface area (Å²) in [5, 5.41) is 23.3. The van der Waals surface area contributed by atoms with Gasteiger partial charge in [0.2, 0.25) is 5.95 Å². The number of carboxylic acid groups (broad SMARTS) is 1. The van der Waals surface area contributed by atoms with E-state index in [9.17, 15) is 14.7 Å². The van der Waals surface area contributed by atoms with Crippen LogP contribution in [0.1, 0.15) is 34.0 Å². The van der Waals surface area contributed by atoms with Crippen LogP contribution in [-0.4, -0.2) is 32.2 Å². The Bertz CT molecular complexity index is 1380. The maximum Gasteiger partial charge on any atom is 0.411 e. The molecule has 1 atom stereocenters. The van der Waals surface area contributed by atoms with Crippen molar-refractivity contribution >= 4 is 34.7 Å². The summed E-state index contributed by atoms with van der Waals surface area (Å²) in [5.74, 6) is -0.223. The Kier molecular flexibility index (Phi) is 4.45. The van der Waals surface area contributed by atoms with Crippen LogP contribution < -0.4 is 10.2 Å². The zero-order valence-electron chi connectivity index (χ0n) is 17.2. The van der Waals surface area contributed by atoms with E-state index in [1.807, 2.05) is 25.1 Å². The van der Waals surface area contributed by atoms with Crippen molar-refractivity contribution in [3.63, 3.8) is 0 Å². The maximum atomic E-state index is 13.4. The van der Waals surface area contributed by atoms with E-state index in [1.165, 1.54) is 4.90 Å². The number of anilines is 2. The van der Waals surface area contributed by atoms with Gasteiger partial charge in [-0.15, -0.1) is 0 Å². The van der Waals surface area contributed by atoms with E-state index in [1.54, 1.807) is 48.5 Å². The van der Waals surface area contributed by atoms with Crippen LogP contribution in [0, 0.1) is 0 Å². The van der Waals surface area contributed by atoms with Crippen LogP contribution >= 0.6 is 0 Å². The van der Waals surface area contributed by atoms with Gasteiger partial charge in [0.25, 0.3) is 5.91 Å². The van der Waals surface area contributed by atoms with E-state index in [-0.39, 0.29) is 11.9 Å². The Morgan fingerprint density at radius 1 is 1.12 bits per heavy atom. The largest absolute Gasteiger partial charge is 0.465 e. The highest BCUT2D eigenvalue weighted by atomic mass is 16.4. The van der Waals surface area contributed by atoms with E-state index in [2.05, 4.69) is 15.3 Å². The van der Waals surface area contributed by atoms with Crippen molar-refractivity contribution < 1.29 is 19.8 Å². The Labute approximate surface area is 183 Å². The molecule has 3 aromatic carbocycles. The molecule has 0 radical (unpaired) electrons. The van der Waals surface area contributed by atoms with Gasteiger partial charge in [0.1, 0.15) is 0 Å². The number of aryl methyl sites for hydroxylation is 1. The van der Waals surface area contributed by atoms with Crippen molar-refractivity contribution in [3.8, 4) is 0 Å². The summed E-state index contributed by atoms with van der Waals surface area (Å²) in [4.78, 5) is 32.9. The lowest BCUT2D eigenvalue weighted by Crippen LogP contribution is -2.45. The number of aromatic amines is 1. The Morgan fingerprint density at radius 3 is 2.72 bits per heavy atom. The van der Waals surface area contributed by atoms with Gasteiger partial charge in [0, 0.05) is 22.4 Å². The average Bonchev–Trinajstić information content (AvgIpc) is 3.29. The van der Waals surface area contributed by atoms with Crippen LogP contribution in [0.3, 0.4) is 0 Å². The second-order valence-electron chi connectivity index (χ2n) is 7.63. The second kappa shape index (κ2) is 7.21. The number of H-pyrrole nitrogens is 1. The van der Waals surface area contributed by atoms with Gasteiger partial charge >= 0.3 is 6.09 Å². The molecule has 1 aliphatic rings. The van der Waals surface area contributed by atoms with Crippen molar-refractivity contribution in [1.29, 1.82) is 0 Å². The SMILES string of the molecule is CCc1cccc(N2C(=O)c3ccccc3C2(O)c2ccc3[nH]c(NC(=O)O)nc3c2)c1. The van der Waals surface area contributed by atoms with E-state index >= 15 is 0 Å². The lowest BCUT2D eigenvalue weighted by atomic mass is 9.93. The third-order valence-corrected chi connectivity index (χ3v) is 5.75. The van der Waals surface area contributed by atoms with Crippen molar-refractivity contribution in [2.45, 2.75) is 19.1 Å². The number of carbonyl (C=O) groups is 2. The van der Waals surface area contributed by atoms with Crippen molar-refractivity contribution in [2.24, 2.45) is 0 Å². The number of rotatable bonds is 4. The second-order valence-corrected chi connectivity index (χ2v) is 7.63. The molecule has 1 aromatic heterocycles. The molecule has 1 aliphatic heterocycles. The molecule has 0 bridgehead atoms. The molecule has 8 heteroatoms. The number of aromatic nitrogens is 2. The predicted octanol–water partition coefficient (Wildman–Crippen LogP) is 4.07. The number of nitrogens with one attached hydrogen (secondary N) is 2. The molecule has 0 aliphatic carbocycles. The molecule has 0 saturated heterocycles. The highest BCUT2D eigenvalue weighted by molar-refractivity contribution is 6.12. The number of aliphatic hydroxyl groups is 1.